The summed E-state index contributed by atoms with van der Waals surface area (Å²) < 4.78 is 0. The molecular formula is C4H7N3. The van der Waals surface area contributed by atoms with Gasteiger partial charge in [-0.25, -0.2) is 4.99 Å². The molecule has 1 aliphatic rings. The van der Waals surface area contributed by atoms with Crippen molar-refractivity contribution in [1.29, 1.82) is 0 Å². The molecule has 0 aromatic rings. The SMILES string of the molecule is NC(N)=NC1C=C1. The van der Waals surface area contributed by atoms with Crippen molar-refractivity contribution in [3.8, 4) is 0 Å². The van der Waals surface area contributed by atoms with E-state index in [1.54, 1.807) is 0 Å². The second-order valence-corrected chi connectivity index (χ2v) is 1.43. The van der Waals surface area contributed by atoms with Crippen molar-refractivity contribution in [2.45, 2.75) is 6.04 Å². The fourth-order valence-electron chi connectivity index (χ4n) is 0.308. The number of hydrogen-bond donors (Lipinski definition) is 2. The Morgan fingerprint density at radius 3 is 2.14 bits per heavy atom. The lowest BCUT2D eigenvalue weighted by atomic mass is 10.7. The number of nitrogens with two attached hydrogens (primary N) is 2. The molecule has 0 aliphatic heterocycles. The molecule has 0 aromatic carbocycles. The first kappa shape index (κ1) is 4.18. The molecule has 4 N–H and O–H groups in total. The third-order valence-corrected chi connectivity index (χ3v) is 0.663. The molecule has 1 rings (SSSR count). The van der Waals surface area contributed by atoms with Gasteiger partial charge in [0, 0.05) is 0 Å². The Balaban J connectivity index is 2.31. The van der Waals surface area contributed by atoms with E-state index in [1.807, 2.05) is 12.2 Å². The molecule has 0 amide bonds. The maximum Gasteiger partial charge on any atom is 0.186 e. The van der Waals surface area contributed by atoms with Gasteiger partial charge >= 0.3 is 0 Å². The highest BCUT2D eigenvalue weighted by atomic mass is 15.0. The Hall–Kier alpha value is -0.990. The van der Waals surface area contributed by atoms with Crippen LogP contribution in [0, 0.1) is 0 Å². The number of guanidine groups is 1. The molecule has 7 heavy (non-hydrogen) atoms. The van der Waals surface area contributed by atoms with Crippen LogP contribution in [0.5, 0.6) is 0 Å². The van der Waals surface area contributed by atoms with Gasteiger partial charge in [-0.2, -0.15) is 0 Å². The number of nitrogens with zero attached hydrogens (tertiary/aromatic N) is 1. The van der Waals surface area contributed by atoms with E-state index >= 15 is 0 Å². The lowest BCUT2D eigenvalue weighted by molar-refractivity contribution is 1.14. The highest BCUT2D eigenvalue weighted by molar-refractivity contribution is 5.76. The van der Waals surface area contributed by atoms with Gasteiger partial charge in [0.15, 0.2) is 5.96 Å². The normalized spacial score (nSPS) is 16.6. The van der Waals surface area contributed by atoms with Crippen LogP contribution in [0.3, 0.4) is 0 Å². The van der Waals surface area contributed by atoms with Crippen LogP contribution in [0.15, 0.2) is 17.1 Å². The third kappa shape index (κ3) is 1.26. The Morgan fingerprint density at radius 1 is 1.43 bits per heavy atom. The van der Waals surface area contributed by atoms with Crippen molar-refractivity contribution in [3.63, 3.8) is 0 Å². The van der Waals surface area contributed by atoms with E-state index in [0.717, 1.165) is 0 Å². The van der Waals surface area contributed by atoms with Crippen LogP contribution in [0.1, 0.15) is 0 Å². The summed E-state index contributed by atoms with van der Waals surface area (Å²) in [6.07, 6.45) is 3.83. The molecule has 3 nitrogen and oxygen atoms in total. The van der Waals surface area contributed by atoms with Crippen molar-refractivity contribution in [2.75, 3.05) is 0 Å². The molecular weight excluding hydrogens is 90.1 g/mol. The van der Waals surface area contributed by atoms with E-state index in [4.69, 9.17) is 11.5 Å². The smallest absolute Gasteiger partial charge is 0.186 e. The standard InChI is InChI=1S/C4H7N3/c5-4(6)7-3-1-2-3/h1-3H,(H4,5,6,7). The molecule has 0 radical (unpaired) electrons. The molecule has 0 fully saturated rings. The van der Waals surface area contributed by atoms with E-state index < -0.39 is 0 Å². The van der Waals surface area contributed by atoms with Crippen molar-refractivity contribution in [1.82, 2.24) is 0 Å². The van der Waals surface area contributed by atoms with E-state index in [-0.39, 0.29) is 12.0 Å². The molecule has 38 valence electrons. The maximum atomic E-state index is 5.02. The second kappa shape index (κ2) is 1.26. The van der Waals surface area contributed by atoms with Crippen LogP contribution in [0.25, 0.3) is 0 Å². The minimum atomic E-state index is 0.162. The molecule has 3 heteroatoms. The summed E-state index contributed by atoms with van der Waals surface area (Å²) in [5.74, 6) is 0.162. The van der Waals surface area contributed by atoms with Gasteiger partial charge in [-0.1, -0.05) is 12.2 Å². The quantitative estimate of drug-likeness (QED) is 0.255. The summed E-state index contributed by atoms with van der Waals surface area (Å²) >= 11 is 0. The first-order valence-electron chi connectivity index (χ1n) is 2.06. The fourth-order valence-corrected chi connectivity index (χ4v) is 0.308. The maximum absolute atomic E-state index is 5.02. The molecule has 0 heterocycles. The average Bonchev–Trinajstić information content (AvgIpc) is 2.17. The first-order chi connectivity index (χ1) is 3.29. The van der Waals surface area contributed by atoms with Crippen LogP contribution < -0.4 is 11.5 Å². The van der Waals surface area contributed by atoms with Crippen LogP contribution >= 0.6 is 0 Å². The minimum absolute atomic E-state index is 0.162. The van der Waals surface area contributed by atoms with E-state index in [0.29, 0.717) is 0 Å². The summed E-state index contributed by atoms with van der Waals surface area (Å²) in [5.41, 5.74) is 10.0. The summed E-state index contributed by atoms with van der Waals surface area (Å²) in [6.45, 7) is 0. The first-order valence-corrected chi connectivity index (χ1v) is 2.06. The Bertz CT molecular complexity index is 115. The number of hydrogen-bond acceptors (Lipinski definition) is 1. The van der Waals surface area contributed by atoms with Gasteiger partial charge in [0.2, 0.25) is 0 Å². The van der Waals surface area contributed by atoms with Gasteiger partial charge in [-0.3, -0.25) is 0 Å². The fraction of sp³-hybridized carbons (Fsp3) is 0.250. The molecule has 0 spiro atoms. The van der Waals surface area contributed by atoms with Crippen LogP contribution in [0.2, 0.25) is 0 Å². The van der Waals surface area contributed by atoms with Gasteiger partial charge in [0.25, 0.3) is 0 Å². The topological polar surface area (TPSA) is 64.4 Å². The zero-order chi connectivity index (χ0) is 5.28. The molecule has 0 aromatic heterocycles. The Kier molecular flexibility index (Phi) is 0.749. The van der Waals surface area contributed by atoms with Crippen molar-refractivity contribution < 1.29 is 0 Å². The molecule has 0 saturated carbocycles. The molecule has 0 saturated heterocycles. The summed E-state index contributed by atoms with van der Waals surface area (Å²) in [5, 5.41) is 0. The zero-order valence-electron chi connectivity index (χ0n) is 3.83. The van der Waals surface area contributed by atoms with Gasteiger partial charge < -0.3 is 11.5 Å². The lowest BCUT2D eigenvalue weighted by Crippen LogP contribution is -2.23. The summed E-state index contributed by atoms with van der Waals surface area (Å²) in [7, 11) is 0. The largest absolute Gasteiger partial charge is 0.370 e. The van der Waals surface area contributed by atoms with Crippen LogP contribution in [0.4, 0.5) is 0 Å². The molecule has 0 unspecified atom stereocenters. The van der Waals surface area contributed by atoms with Gasteiger partial charge in [0.05, 0.1) is 6.04 Å². The summed E-state index contributed by atoms with van der Waals surface area (Å²) in [4.78, 5) is 3.75. The van der Waals surface area contributed by atoms with Crippen molar-refractivity contribution >= 4 is 5.96 Å². The Labute approximate surface area is 41.7 Å². The van der Waals surface area contributed by atoms with Crippen molar-refractivity contribution in [2.24, 2.45) is 16.5 Å². The number of rotatable bonds is 1. The van der Waals surface area contributed by atoms with Gasteiger partial charge in [-0.05, 0) is 0 Å². The van der Waals surface area contributed by atoms with E-state index in [1.165, 1.54) is 0 Å². The summed E-state index contributed by atoms with van der Waals surface area (Å²) in [6, 6.07) is 0.213. The third-order valence-electron chi connectivity index (χ3n) is 0.663. The zero-order valence-corrected chi connectivity index (χ0v) is 3.83. The minimum Gasteiger partial charge on any atom is -0.370 e. The number of aliphatic imine (C=N–C) groups is 1. The van der Waals surface area contributed by atoms with Crippen LogP contribution in [-0.4, -0.2) is 12.0 Å². The second-order valence-electron chi connectivity index (χ2n) is 1.43. The Morgan fingerprint density at radius 2 is 2.00 bits per heavy atom. The highest BCUT2D eigenvalue weighted by Gasteiger charge is 2.06. The van der Waals surface area contributed by atoms with Gasteiger partial charge in [0.1, 0.15) is 0 Å². The van der Waals surface area contributed by atoms with E-state index in [2.05, 4.69) is 4.99 Å². The van der Waals surface area contributed by atoms with E-state index in [9.17, 15) is 0 Å². The highest BCUT2D eigenvalue weighted by Crippen LogP contribution is 2.07. The van der Waals surface area contributed by atoms with Crippen LogP contribution in [-0.2, 0) is 0 Å². The van der Waals surface area contributed by atoms with Gasteiger partial charge in [-0.15, -0.1) is 0 Å². The average molecular weight is 97.1 g/mol. The predicted octanol–water partition coefficient (Wildman–Crippen LogP) is -0.802. The lowest BCUT2D eigenvalue weighted by Gasteiger charge is -1.85. The predicted molar refractivity (Wildman–Crippen MR) is 28.7 cm³/mol. The molecule has 1 aliphatic carbocycles. The molecule has 0 bridgehead atoms. The monoisotopic (exact) mass is 97.1 g/mol. The van der Waals surface area contributed by atoms with Crippen molar-refractivity contribution in [3.05, 3.63) is 12.2 Å². The molecule has 0 atom stereocenters.